The van der Waals surface area contributed by atoms with Crippen molar-refractivity contribution in [2.24, 2.45) is 11.5 Å². The molecule has 1 aromatic carbocycles. The van der Waals surface area contributed by atoms with Gasteiger partial charge in [-0.3, -0.25) is 4.79 Å². The second kappa shape index (κ2) is 6.36. The Morgan fingerprint density at radius 2 is 1.94 bits per heavy atom. The summed E-state index contributed by atoms with van der Waals surface area (Å²) in [6.45, 7) is 6.26. The molecule has 1 atom stereocenters. The van der Waals surface area contributed by atoms with Crippen molar-refractivity contribution in [3.63, 3.8) is 0 Å². The molecule has 0 aromatic heterocycles. The van der Waals surface area contributed by atoms with E-state index in [9.17, 15) is 4.79 Å². The SMILES string of the molecule is C/C=C(/CC(N)C(N)=O)c1ccccc1C(C)C. The number of nitrogens with two attached hydrogens (primary N) is 2. The molecule has 0 aliphatic carbocycles. The third-order valence-electron chi connectivity index (χ3n) is 3.08. The van der Waals surface area contributed by atoms with Gasteiger partial charge in [-0.25, -0.2) is 0 Å². The van der Waals surface area contributed by atoms with Gasteiger partial charge in [0, 0.05) is 0 Å². The second-order valence-corrected chi connectivity index (χ2v) is 4.77. The number of hydrogen-bond acceptors (Lipinski definition) is 2. The molecule has 3 heteroatoms. The smallest absolute Gasteiger partial charge is 0.234 e. The molecule has 0 aliphatic rings. The zero-order valence-electron chi connectivity index (χ0n) is 11.3. The lowest BCUT2D eigenvalue weighted by molar-refractivity contribution is -0.119. The van der Waals surface area contributed by atoms with Crippen molar-refractivity contribution >= 4 is 11.5 Å². The Morgan fingerprint density at radius 1 is 1.33 bits per heavy atom. The van der Waals surface area contributed by atoms with Gasteiger partial charge in [-0.05, 0) is 36.0 Å². The van der Waals surface area contributed by atoms with Crippen molar-refractivity contribution < 1.29 is 4.79 Å². The van der Waals surface area contributed by atoms with Crippen molar-refractivity contribution in [1.82, 2.24) is 0 Å². The van der Waals surface area contributed by atoms with Crippen LogP contribution < -0.4 is 11.5 Å². The van der Waals surface area contributed by atoms with E-state index >= 15 is 0 Å². The molecule has 1 amide bonds. The summed E-state index contributed by atoms with van der Waals surface area (Å²) in [6, 6.07) is 7.58. The van der Waals surface area contributed by atoms with E-state index in [0.29, 0.717) is 12.3 Å². The van der Waals surface area contributed by atoms with Gasteiger partial charge in [0.15, 0.2) is 0 Å². The second-order valence-electron chi connectivity index (χ2n) is 4.77. The number of amides is 1. The monoisotopic (exact) mass is 246 g/mol. The Bertz CT molecular complexity index is 450. The summed E-state index contributed by atoms with van der Waals surface area (Å²) in [5.41, 5.74) is 14.5. The first-order valence-electron chi connectivity index (χ1n) is 6.26. The summed E-state index contributed by atoms with van der Waals surface area (Å²) in [4.78, 5) is 11.1. The third-order valence-corrected chi connectivity index (χ3v) is 3.08. The molecule has 1 rings (SSSR count). The van der Waals surface area contributed by atoms with Crippen LogP contribution in [0.2, 0.25) is 0 Å². The average Bonchev–Trinajstić information content (AvgIpc) is 2.35. The van der Waals surface area contributed by atoms with Gasteiger partial charge < -0.3 is 11.5 Å². The van der Waals surface area contributed by atoms with Gasteiger partial charge in [-0.1, -0.05) is 44.2 Å². The molecule has 0 fully saturated rings. The Morgan fingerprint density at radius 3 is 2.44 bits per heavy atom. The molecule has 0 radical (unpaired) electrons. The van der Waals surface area contributed by atoms with Gasteiger partial charge in [-0.2, -0.15) is 0 Å². The van der Waals surface area contributed by atoms with Crippen LogP contribution in [0.15, 0.2) is 30.3 Å². The lowest BCUT2D eigenvalue weighted by Gasteiger charge is -2.17. The number of primary amides is 1. The van der Waals surface area contributed by atoms with Gasteiger partial charge in [0.25, 0.3) is 0 Å². The van der Waals surface area contributed by atoms with Crippen LogP contribution in [0.3, 0.4) is 0 Å². The first-order valence-corrected chi connectivity index (χ1v) is 6.26. The molecule has 0 spiro atoms. The van der Waals surface area contributed by atoms with Crippen molar-refractivity contribution in [3.05, 3.63) is 41.5 Å². The van der Waals surface area contributed by atoms with E-state index in [4.69, 9.17) is 11.5 Å². The first kappa shape index (κ1) is 14.5. The highest BCUT2D eigenvalue weighted by atomic mass is 16.1. The topological polar surface area (TPSA) is 69.1 Å². The molecule has 1 aromatic rings. The summed E-state index contributed by atoms with van der Waals surface area (Å²) in [5.74, 6) is -0.0302. The van der Waals surface area contributed by atoms with E-state index in [-0.39, 0.29) is 0 Å². The fourth-order valence-electron chi connectivity index (χ4n) is 2.01. The minimum atomic E-state index is -0.628. The number of carbonyl (C=O) groups excluding carboxylic acids is 1. The minimum absolute atomic E-state index is 0.431. The highest BCUT2D eigenvalue weighted by Gasteiger charge is 2.15. The Labute approximate surface area is 109 Å². The molecule has 4 N–H and O–H groups in total. The predicted molar refractivity (Wildman–Crippen MR) is 76.0 cm³/mol. The first-order chi connectivity index (χ1) is 8.47. The lowest BCUT2D eigenvalue weighted by Crippen LogP contribution is -2.36. The van der Waals surface area contributed by atoms with Gasteiger partial charge in [0.2, 0.25) is 5.91 Å². The van der Waals surface area contributed by atoms with E-state index in [2.05, 4.69) is 26.0 Å². The summed E-state index contributed by atoms with van der Waals surface area (Å²) >= 11 is 0. The highest BCUT2D eigenvalue weighted by molar-refractivity contribution is 5.83. The molecule has 0 saturated carbocycles. The molecule has 0 heterocycles. The Kier molecular flexibility index (Phi) is 5.10. The number of benzene rings is 1. The van der Waals surface area contributed by atoms with Crippen LogP contribution in [0.5, 0.6) is 0 Å². The summed E-state index contributed by atoms with van der Waals surface area (Å²) in [5, 5.41) is 0. The van der Waals surface area contributed by atoms with Gasteiger partial charge in [0.1, 0.15) is 0 Å². The summed E-state index contributed by atoms with van der Waals surface area (Å²) < 4.78 is 0. The molecule has 98 valence electrons. The van der Waals surface area contributed by atoms with E-state index in [0.717, 1.165) is 11.1 Å². The standard InChI is InChI=1S/C15H22N2O/c1-4-11(9-14(16)15(17)18)13-8-6-5-7-12(13)10(2)3/h4-8,10,14H,9,16H2,1-3H3,(H2,17,18)/b11-4-. The molecule has 3 nitrogen and oxygen atoms in total. The summed E-state index contributed by atoms with van der Waals surface area (Å²) in [6.07, 6.45) is 2.49. The molecule has 0 aliphatic heterocycles. The number of hydrogen-bond donors (Lipinski definition) is 2. The predicted octanol–water partition coefficient (Wildman–Crippen LogP) is 2.42. The lowest BCUT2D eigenvalue weighted by atomic mass is 9.89. The van der Waals surface area contributed by atoms with Crippen molar-refractivity contribution in [2.45, 2.75) is 39.2 Å². The fraction of sp³-hybridized carbons (Fsp3) is 0.400. The van der Waals surface area contributed by atoms with Crippen molar-refractivity contribution in [3.8, 4) is 0 Å². The van der Waals surface area contributed by atoms with Crippen LogP contribution in [-0.4, -0.2) is 11.9 Å². The van der Waals surface area contributed by atoms with E-state index in [1.54, 1.807) is 0 Å². The largest absolute Gasteiger partial charge is 0.368 e. The summed E-state index contributed by atoms with van der Waals surface area (Å²) in [7, 11) is 0. The molecule has 1 unspecified atom stereocenters. The fourth-order valence-corrected chi connectivity index (χ4v) is 2.01. The van der Waals surface area contributed by atoms with E-state index in [1.165, 1.54) is 5.56 Å². The van der Waals surface area contributed by atoms with Crippen LogP contribution in [0.25, 0.3) is 5.57 Å². The van der Waals surface area contributed by atoms with Crippen LogP contribution in [0.4, 0.5) is 0 Å². The van der Waals surface area contributed by atoms with E-state index < -0.39 is 11.9 Å². The van der Waals surface area contributed by atoms with E-state index in [1.807, 2.05) is 25.1 Å². The third kappa shape index (κ3) is 3.44. The molecule has 0 saturated heterocycles. The number of carbonyl (C=O) groups is 1. The highest BCUT2D eigenvalue weighted by Crippen LogP contribution is 2.28. The van der Waals surface area contributed by atoms with Crippen molar-refractivity contribution in [1.29, 1.82) is 0 Å². The Hall–Kier alpha value is -1.61. The van der Waals surface area contributed by atoms with Gasteiger partial charge >= 0.3 is 0 Å². The van der Waals surface area contributed by atoms with Crippen LogP contribution in [0, 0.1) is 0 Å². The Balaban J connectivity index is 3.07. The van der Waals surface area contributed by atoms with Crippen LogP contribution >= 0.6 is 0 Å². The maximum atomic E-state index is 11.1. The van der Waals surface area contributed by atoms with Crippen molar-refractivity contribution in [2.75, 3.05) is 0 Å². The average molecular weight is 246 g/mol. The van der Waals surface area contributed by atoms with Gasteiger partial charge in [0.05, 0.1) is 6.04 Å². The zero-order chi connectivity index (χ0) is 13.7. The quantitative estimate of drug-likeness (QED) is 0.837. The number of rotatable bonds is 5. The van der Waals surface area contributed by atoms with Crippen LogP contribution in [-0.2, 0) is 4.79 Å². The van der Waals surface area contributed by atoms with Gasteiger partial charge in [-0.15, -0.1) is 0 Å². The molecule has 0 bridgehead atoms. The molecular formula is C15H22N2O. The maximum Gasteiger partial charge on any atom is 0.234 e. The zero-order valence-corrected chi connectivity index (χ0v) is 11.3. The van der Waals surface area contributed by atoms with Crippen LogP contribution in [0.1, 0.15) is 44.2 Å². The normalized spacial score (nSPS) is 13.7. The maximum absolute atomic E-state index is 11.1. The number of allylic oxidation sites excluding steroid dienone is 1. The molecule has 18 heavy (non-hydrogen) atoms. The molecular weight excluding hydrogens is 224 g/mol. The minimum Gasteiger partial charge on any atom is -0.368 e.